The number of carbonyl (C=O) groups excluding carboxylic acids is 1. The summed E-state index contributed by atoms with van der Waals surface area (Å²) in [4.78, 5) is 14.3. The van der Waals surface area contributed by atoms with Crippen LogP contribution in [0.3, 0.4) is 0 Å². The number of hydrogen-bond donors (Lipinski definition) is 1. The van der Waals surface area contributed by atoms with Crippen LogP contribution < -0.4 is 10.1 Å². The summed E-state index contributed by atoms with van der Waals surface area (Å²) >= 11 is 3.24. The maximum Gasteiger partial charge on any atom is 0.263 e. The van der Waals surface area contributed by atoms with Gasteiger partial charge >= 0.3 is 0 Å². The molecule has 0 bridgehead atoms. The van der Waals surface area contributed by atoms with Crippen molar-refractivity contribution in [1.82, 2.24) is 10.2 Å². The van der Waals surface area contributed by atoms with Crippen LogP contribution in [0.4, 0.5) is 4.39 Å². The molecular weight excluding hydrogens is 339 g/mol. The maximum atomic E-state index is 13.0. The Morgan fingerprint density at radius 2 is 2.33 bits per heavy atom. The van der Waals surface area contributed by atoms with Gasteiger partial charge in [-0.25, -0.2) is 4.39 Å². The molecule has 2 rings (SSSR count). The third-order valence-corrected chi connectivity index (χ3v) is 4.31. The summed E-state index contributed by atoms with van der Waals surface area (Å²) in [6.45, 7) is 3.18. The average molecular weight is 359 g/mol. The molecule has 0 saturated carbocycles. The number of carbonyl (C=O) groups is 1. The summed E-state index contributed by atoms with van der Waals surface area (Å²) in [6, 6.07) is 4.50. The first-order valence-corrected chi connectivity index (χ1v) is 7.88. The normalized spacial score (nSPS) is 20.2. The molecule has 1 aromatic carbocycles. The molecule has 4 nitrogen and oxygen atoms in total. The van der Waals surface area contributed by atoms with Gasteiger partial charge in [-0.15, -0.1) is 0 Å². The highest BCUT2D eigenvalue weighted by Gasteiger charge is 2.27. The first-order valence-electron chi connectivity index (χ1n) is 7.09. The van der Waals surface area contributed by atoms with Crippen molar-refractivity contribution in [3.63, 3.8) is 0 Å². The van der Waals surface area contributed by atoms with Crippen molar-refractivity contribution in [3.05, 3.63) is 28.5 Å². The molecule has 0 radical (unpaired) electrons. The SMILES string of the molecule is CN[C@H]1CCCN(C(=O)[C@H](C)Oc2ccc(F)cc2Br)C1. The van der Waals surface area contributed by atoms with Crippen LogP contribution in [0, 0.1) is 5.82 Å². The van der Waals surface area contributed by atoms with Gasteiger partial charge in [0, 0.05) is 19.1 Å². The molecule has 21 heavy (non-hydrogen) atoms. The lowest BCUT2D eigenvalue weighted by Crippen LogP contribution is -2.50. The molecule has 1 aliphatic rings. The molecule has 1 aliphatic heterocycles. The van der Waals surface area contributed by atoms with Gasteiger partial charge < -0.3 is 15.0 Å². The Morgan fingerprint density at radius 1 is 1.57 bits per heavy atom. The zero-order valence-corrected chi connectivity index (χ0v) is 13.8. The first kappa shape index (κ1) is 16.2. The summed E-state index contributed by atoms with van der Waals surface area (Å²) in [5, 5.41) is 3.21. The van der Waals surface area contributed by atoms with Gasteiger partial charge in [0.25, 0.3) is 5.91 Å². The zero-order chi connectivity index (χ0) is 15.4. The van der Waals surface area contributed by atoms with E-state index in [1.165, 1.54) is 18.2 Å². The number of piperidine rings is 1. The number of likely N-dealkylation sites (tertiary alicyclic amines) is 1. The minimum Gasteiger partial charge on any atom is -0.480 e. The number of nitrogens with one attached hydrogen (secondary N) is 1. The van der Waals surface area contributed by atoms with Gasteiger partial charge in [-0.2, -0.15) is 0 Å². The van der Waals surface area contributed by atoms with E-state index in [0.717, 1.165) is 19.4 Å². The number of benzene rings is 1. The van der Waals surface area contributed by atoms with Gasteiger partial charge in [0.1, 0.15) is 11.6 Å². The largest absolute Gasteiger partial charge is 0.480 e. The summed E-state index contributed by atoms with van der Waals surface area (Å²) in [5.74, 6) is 0.0895. The molecule has 1 saturated heterocycles. The van der Waals surface area contributed by atoms with E-state index in [2.05, 4.69) is 21.2 Å². The minimum absolute atomic E-state index is 0.0359. The lowest BCUT2D eigenvalue weighted by atomic mass is 10.1. The number of likely N-dealkylation sites (N-methyl/N-ethyl adjacent to an activating group) is 1. The van der Waals surface area contributed by atoms with E-state index in [4.69, 9.17) is 4.74 Å². The highest BCUT2D eigenvalue weighted by atomic mass is 79.9. The van der Waals surface area contributed by atoms with E-state index in [9.17, 15) is 9.18 Å². The fourth-order valence-electron chi connectivity index (χ4n) is 2.48. The highest BCUT2D eigenvalue weighted by Crippen LogP contribution is 2.26. The van der Waals surface area contributed by atoms with Crippen molar-refractivity contribution < 1.29 is 13.9 Å². The van der Waals surface area contributed by atoms with Gasteiger partial charge in [0.2, 0.25) is 0 Å². The lowest BCUT2D eigenvalue weighted by molar-refractivity contribution is -0.139. The van der Waals surface area contributed by atoms with Gasteiger partial charge in [0.15, 0.2) is 6.10 Å². The van der Waals surface area contributed by atoms with Crippen LogP contribution in [0.5, 0.6) is 5.75 Å². The number of nitrogens with zero attached hydrogens (tertiary/aromatic N) is 1. The Hall–Kier alpha value is -1.14. The fourth-order valence-corrected chi connectivity index (χ4v) is 2.93. The molecule has 1 aromatic rings. The van der Waals surface area contributed by atoms with Crippen LogP contribution in [-0.4, -0.2) is 43.1 Å². The Kier molecular flexibility index (Phi) is 5.58. The molecular formula is C15H20BrFN2O2. The average Bonchev–Trinajstić information content (AvgIpc) is 2.49. The van der Waals surface area contributed by atoms with Crippen molar-refractivity contribution in [2.45, 2.75) is 31.9 Å². The quantitative estimate of drug-likeness (QED) is 0.899. The van der Waals surface area contributed by atoms with E-state index >= 15 is 0 Å². The van der Waals surface area contributed by atoms with Gasteiger partial charge in [-0.05, 0) is 60.9 Å². The first-order chi connectivity index (χ1) is 10.0. The molecule has 2 atom stereocenters. The zero-order valence-electron chi connectivity index (χ0n) is 12.2. The second kappa shape index (κ2) is 7.22. The summed E-state index contributed by atoms with van der Waals surface area (Å²) in [6.07, 6.45) is 1.48. The number of ether oxygens (including phenoxy) is 1. The Balaban J connectivity index is 1.99. The molecule has 1 heterocycles. The molecule has 0 spiro atoms. The van der Waals surface area contributed by atoms with Crippen molar-refractivity contribution >= 4 is 21.8 Å². The Morgan fingerprint density at radius 3 is 3.00 bits per heavy atom. The number of halogens is 2. The predicted molar refractivity (Wildman–Crippen MR) is 82.9 cm³/mol. The maximum absolute atomic E-state index is 13.0. The van der Waals surface area contributed by atoms with Crippen LogP contribution in [0.2, 0.25) is 0 Å². The van der Waals surface area contributed by atoms with E-state index in [0.29, 0.717) is 22.8 Å². The van der Waals surface area contributed by atoms with Crippen molar-refractivity contribution in [2.75, 3.05) is 20.1 Å². The molecule has 1 amide bonds. The van der Waals surface area contributed by atoms with Crippen LogP contribution in [-0.2, 0) is 4.79 Å². The van der Waals surface area contributed by atoms with Crippen molar-refractivity contribution in [1.29, 1.82) is 0 Å². The molecule has 0 aliphatic carbocycles. The molecule has 0 aromatic heterocycles. The predicted octanol–water partition coefficient (Wildman–Crippen LogP) is 2.57. The Labute approximate surface area is 132 Å². The van der Waals surface area contributed by atoms with Gasteiger partial charge in [0.05, 0.1) is 4.47 Å². The molecule has 0 unspecified atom stereocenters. The van der Waals surface area contributed by atoms with E-state index in [1.807, 2.05) is 11.9 Å². The van der Waals surface area contributed by atoms with E-state index in [-0.39, 0.29) is 11.7 Å². The summed E-state index contributed by atoms with van der Waals surface area (Å²) in [5.41, 5.74) is 0. The van der Waals surface area contributed by atoms with Gasteiger partial charge in [-0.1, -0.05) is 0 Å². The van der Waals surface area contributed by atoms with Crippen LogP contribution in [0.1, 0.15) is 19.8 Å². The smallest absolute Gasteiger partial charge is 0.263 e. The number of amides is 1. The molecule has 116 valence electrons. The number of rotatable bonds is 4. The second-order valence-corrected chi connectivity index (χ2v) is 6.10. The molecule has 1 fully saturated rings. The summed E-state index contributed by atoms with van der Waals surface area (Å²) in [7, 11) is 1.91. The number of hydrogen-bond acceptors (Lipinski definition) is 3. The lowest BCUT2D eigenvalue weighted by Gasteiger charge is -2.34. The van der Waals surface area contributed by atoms with Crippen LogP contribution in [0.25, 0.3) is 0 Å². The van der Waals surface area contributed by atoms with Crippen LogP contribution >= 0.6 is 15.9 Å². The third kappa shape index (κ3) is 4.17. The molecule has 1 N–H and O–H groups in total. The summed E-state index contributed by atoms with van der Waals surface area (Å²) < 4.78 is 19.2. The van der Waals surface area contributed by atoms with E-state index < -0.39 is 6.10 Å². The highest BCUT2D eigenvalue weighted by molar-refractivity contribution is 9.10. The van der Waals surface area contributed by atoms with Gasteiger partial charge in [-0.3, -0.25) is 4.79 Å². The fraction of sp³-hybridized carbons (Fsp3) is 0.533. The topological polar surface area (TPSA) is 41.6 Å². The van der Waals surface area contributed by atoms with Crippen molar-refractivity contribution in [2.24, 2.45) is 0 Å². The molecule has 6 heteroatoms. The van der Waals surface area contributed by atoms with Crippen LogP contribution in [0.15, 0.2) is 22.7 Å². The third-order valence-electron chi connectivity index (χ3n) is 3.69. The van der Waals surface area contributed by atoms with Crippen molar-refractivity contribution in [3.8, 4) is 5.75 Å². The standard InChI is InChI=1S/C15H20BrFN2O2/c1-10(21-14-6-5-11(17)8-13(14)16)15(20)19-7-3-4-12(9-19)18-2/h5-6,8,10,12,18H,3-4,7,9H2,1-2H3/t10-,12-/m0/s1. The Bertz CT molecular complexity index is 512. The monoisotopic (exact) mass is 358 g/mol. The minimum atomic E-state index is -0.595. The second-order valence-electron chi connectivity index (χ2n) is 5.25. The van der Waals surface area contributed by atoms with E-state index in [1.54, 1.807) is 6.92 Å².